The van der Waals surface area contributed by atoms with Gasteiger partial charge in [0.2, 0.25) is 12.7 Å². The van der Waals surface area contributed by atoms with Crippen LogP contribution in [-0.4, -0.2) is 11.5 Å². The van der Waals surface area contributed by atoms with Crippen molar-refractivity contribution in [2.45, 2.75) is 27.2 Å². The number of ether oxygens (including phenoxy) is 1. The van der Waals surface area contributed by atoms with Gasteiger partial charge in [-0.3, -0.25) is 9.59 Å². The summed E-state index contributed by atoms with van der Waals surface area (Å²) in [6, 6.07) is 28.4. The summed E-state index contributed by atoms with van der Waals surface area (Å²) in [4.78, 5) is 27.3. The zero-order valence-electron chi connectivity index (χ0n) is 19.5. The van der Waals surface area contributed by atoms with Crippen molar-refractivity contribution in [1.82, 2.24) is 0 Å². The number of fused-ring (bicyclic) bond motifs is 1. The van der Waals surface area contributed by atoms with Gasteiger partial charge in [0.05, 0.1) is 11.0 Å². The molecule has 0 aliphatic carbocycles. The van der Waals surface area contributed by atoms with Crippen LogP contribution in [0.5, 0.6) is 5.75 Å². The molecule has 172 valence electrons. The Morgan fingerprint density at radius 3 is 1.85 bits per heavy atom. The normalized spacial score (nSPS) is 11.9. The summed E-state index contributed by atoms with van der Waals surface area (Å²) in [5.74, 6) is -0.309. The van der Waals surface area contributed by atoms with Crippen LogP contribution in [0.15, 0.2) is 97.1 Å². The van der Waals surface area contributed by atoms with Gasteiger partial charge in [-0.25, -0.2) is 0 Å². The molecule has 0 unspecified atom stereocenters. The van der Waals surface area contributed by atoms with Gasteiger partial charge in [0, 0.05) is 10.6 Å². The molecule has 0 heterocycles. The Bertz CT molecular complexity index is 1350. The minimum absolute atomic E-state index is 0.127. The lowest BCUT2D eigenvalue weighted by Gasteiger charge is -2.23. The van der Waals surface area contributed by atoms with E-state index in [2.05, 4.69) is 0 Å². The molecule has 0 amide bonds. The quantitative estimate of drug-likeness (QED) is 0.180. The second kappa shape index (κ2) is 9.40. The van der Waals surface area contributed by atoms with Gasteiger partial charge < -0.3 is 9.30 Å². The summed E-state index contributed by atoms with van der Waals surface area (Å²) < 4.78 is 20.6. The highest BCUT2D eigenvalue weighted by Gasteiger charge is 2.39. The van der Waals surface area contributed by atoms with Crippen molar-refractivity contribution in [2.24, 2.45) is 5.41 Å². The smallest absolute Gasteiger partial charge is 0.316 e. The molecule has 0 aromatic heterocycles. The van der Waals surface area contributed by atoms with Gasteiger partial charge in [-0.1, -0.05) is 97.9 Å². The predicted molar refractivity (Wildman–Crippen MR) is 138 cm³/mol. The first-order valence-electron chi connectivity index (χ1n) is 11.3. The molecule has 0 saturated carbocycles. The molecule has 34 heavy (non-hydrogen) atoms. The summed E-state index contributed by atoms with van der Waals surface area (Å²) in [6.45, 7) is 5.51. The lowest BCUT2D eigenvalue weighted by Crippen LogP contribution is -2.29. The first-order chi connectivity index (χ1) is 16.3. The monoisotopic (exact) mass is 470 g/mol. The molecule has 0 fully saturated rings. The van der Waals surface area contributed by atoms with Gasteiger partial charge in [0.25, 0.3) is 0 Å². The molecule has 0 aliphatic rings. The standard InChI is InChI=1S/C29H27O4P/c1-4-29(2,3)28(31)33-25-20-19-21-13-11-12-18-24(21)26(25)27(30)34(32,22-14-7-5-8-15-22)23-16-9-6-10-17-23/h5-20H,4H2,1-3H3. The molecular weight excluding hydrogens is 443 g/mol. The fourth-order valence-corrected chi connectivity index (χ4v) is 6.25. The Kier molecular flexibility index (Phi) is 6.54. The fraction of sp³-hybridized carbons (Fsp3) is 0.172. The molecule has 4 rings (SSSR count). The minimum atomic E-state index is -3.79. The van der Waals surface area contributed by atoms with Gasteiger partial charge in [-0.15, -0.1) is 0 Å². The summed E-state index contributed by atoms with van der Waals surface area (Å²) >= 11 is 0. The molecule has 5 heteroatoms. The van der Waals surface area contributed by atoms with E-state index in [0.717, 1.165) is 5.39 Å². The highest BCUT2D eigenvalue weighted by Crippen LogP contribution is 2.50. The van der Waals surface area contributed by atoms with Crippen molar-refractivity contribution >= 4 is 40.0 Å². The van der Waals surface area contributed by atoms with E-state index in [1.165, 1.54) is 0 Å². The van der Waals surface area contributed by atoms with Gasteiger partial charge in [0.15, 0.2) is 0 Å². The van der Waals surface area contributed by atoms with E-state index in [1.807, 2.05) is 43.3 Å². The number of carbonyl (C=O) groups is 2. The van der Waals surface area contributed by atoms with Gasteiger partial charge >= 0.3 is 5.97 Å². The Hall–Kier alpha value is -3.49. The third-order valence-electron chi connectivity index (χ3n) is 6.27. The van der Waals surface area contributed by atoms with Crippen molar-refractivity contribution in [3.8, 4) is 5.75 Å². The van der Waals surface area contributed by atoms with E-state index in [1.54, 1.807) is 74.5 Å². The molecule has 0 radical (unpaired) electrons. The number of hydrogen-bond donors (Lipinski definition) is 0. The van der Waals surface area contributed by atoms with Crippen molar-refractivity contribution in [3.05, 3.63) is 103 Å². The van der Waals surface area contributed by atoms with Crippen LogP contribution in [0, 0.1) is 5.41 Å². The van der Waals surface area contributed by atoms with E-state index < -0.39 is 24.1 Å². The maximum absolute atomic E-state index is 14.8. The maximum atomic E-state index is 14.8. The average molecular weight is 471 g/mol. The first kappa shape index (κ1) is 23.7. The first-order valence-corrected chi connectivity index (χ1v) is 13.0. The molecule has 4 aromatic rings. The molecule has 4 aromatic carbocycles. The largest absolute Gasteiger partial charge is 0.425 e. The van der Waals surface area contributed by atoms with Gasteiger partial charge in [-0.05, 0) is 37.1 Å². The van der Waals surface area contributed by atoms with Crippen molar-refractivity contribution < 1.29 is 18.9 Å². The Balaban J connectivity index is 1.98. The molecule has 0 atom stereocenters. The summed E-state index contributed by atoms with van der Waals surface area (Å²) in [5.41, 5.74) is -1.12. The zero-order chi connectivity index (χ0) is 24.3. The number of rotatable bonds is 7. The second-order valence-electron chi connectivity index (χ2n) is 8.87. The minimum Gasteiger partial charge on any atom is -0.425 e. The topological polar surface area (TPSA) is 60.4 Å². The van der Waals surface area contributed by atoms with Crippen LogP contribution < -0.4 is 15.3 Å². The molecule has 4 nitrogen and oxygen atoms in total. The highest BCUT2D eigenvalue weighted by atomic mass is 31.2. The van der Waals surface area contributed by atoms with Crippen LogP contribution in [0.3, 0.4) is 0 Å². The van der Waals surface area contributed by atoms with Crippen LogP contribution in [0.25, 0.3) is 10.8 Å². The summed E-state index contributed by atoms with van der Waals surface area (Å²) in [6.07, 6.45) is 0.579. The number of hydrogen-bond acceptors (Lipinski definition) is 4. The van der Waals surface area contributed by atoms with Crippen LogP contribution >= 0.6 is 7.14 Å². The van der Waals surface area contributed by atoms with E-state index in [-0.39, 0.29) is 11.3 Å². The van der Waals surface area contributed by atoms with E-state index in [4.69, 9.17) is 4.74 Å². The predicted octanol–water partition coefficient (Wildman–Crippen LogP) is 6.34. The van der Waals surface area contributed by atoms with Crippen molar-refractivity contribution in [3.63, 3.8) is 0 Å². The number of esters is 1. The second-order valence-corrected chi connectivity index (χ2v) is 11.5. The molecule has 0 bridgehead atoms. The molecule has 0 spiro atoms. The zero-order valence-corrected chi connectivity index (χ0v) is 20.4. The summed E-state index contributed by atoms with van der Waals surface area (Å²) in [7, 11) is -3.79. The van der Waals surface area contributed by atoms with E-state index in [9.17, 15) is 14.2 Å². The summed E-state index contributed by atoms with van der Waals surface area (Å²) in [5, 5.41) is 2.27. The van der Waals surface area contributed by atoms with Gasteiger partial charge in [0.1, 0.15) is 5.75 Å². The van der Waals surface area contributed by atoms with Gasteiger partial charge in [-0.2, -0.15) is 0 Å². The van der Waals surface area contributed by atoms with E-state index in [0.29, 0.717) is 22.4 Å². The maximum Gasteiger partial charge on any atom is 0.316 e. The highest BCUT2D eigenvalue weighted by molar-refractivity contribution is 7.93. The number of carbonyl (C=O) groups excluding carboxylic acids is 2. The molecular formula is C29H27O4P. The van der Waals surface area contributed by atoms with Crippen LogP contribution in [-0.2, 0) is 9.36 Å². The van der Waals surface area contributed by atoms with Crippen LogP contribution in [0.2, 0.25) is 0 Å². The SMILES string of the molecule is CCC(C)(C)C(=O)Oc1ccc2ccccc2c1C(=O)P(=O)(c1ccccc1)c1ccccc1. The lowest BCUT2D eigenvalue weighted by molar-refractivity contribution is -0.144. The number of benzene rings is 4. The molecule has 0 aliphatic heterocycles. The average Bonchev–Trinajstić information content (AvgIpc) is 2.88. The Labute approximate surface area is 200 Å². The van der Waals surface area contributed by atoms with Crippen molar-refractivity contribution in [1.29, 1.82) is 0 Å². The lowest BCUT2D eigenvalue weighted by atomic mass is 9.90. The third kappa shape index (κ3) is 4.22. The molecule has 0 saturated heterocycles. The molecule has 0 N–H and O–H groups in total. The fourth-order valence-electron chi connectivity index (χ4n) is 3.76. The third-order valence-corrected chi connectivity index (χ3v) is 9.12. The van der Waals surface area contributed by atoms with Crippen molar-refractivity contribution in [2.75, 3.05) is 0 Å². The van der Waals surface area contributed by atoms with E-state index >= 15 is 0 Å². The Morgan fingerprint density at radius 1 is 0.765 bits per heavy atom. The Morgan fingerprint density at radius 2 is 1.29 bits per heavy atom. The van der Waals surface area contributed by atoms with Crippen LogP contribution in [0.4, 0.5) is 0 Å². The van der Waals surface area contributed by atoms with Crippen LogP contribution in [0.1, 0.15) is 37.6 Å².